The number of para-hydroxylation sites is 2. The van der Waals surface area contributed by atoms with Gasteiger partial charge in [0.05, 0.1) is 0 Å². The Morgan fingerprint density at radius 3 is 2.68 bits per heavy atom. The third-order valence-electron chi connectivity index (χ3n) is 2.60. The number of amides is 1. The van der Waals surface area contributed by atoms with E-state index in [0.717, 1.165) is 0 Å². The van der Waals surface area contributed by atoms with Crippen molar-refractivity contribution in [3.63, 3.8) is 0 Å². The minimum atomic E-state index is -0.710. The summed E-state index contributed by atoms with van der Waals surface area (Å²) in [6.07, 6.45) is 2.39. The minimum Gasteiger partial charge on any atom is -0.485 e. The molecule has 1 aliphatic rings. The van der Waals surface area contributed by atoms with Crippen molar-refractivity contribution in [2.45, 2.75) is 6.10 Å². The molecule has 0 bridgehead atoms. The Kier molecular flexibility index (Phi) is 2.97. The zero-order valence-corrected chi connectivity index (χ0v) is 9.95. The van der Waals surface area contributed by atoms with Gasteiger partial charge in [-0.05, 0) is 18.2 Å². The molecule has 0 radical (unpaired) electrons. The lowest BCUT2D eigenvalue weighted by Crippen LogP contribution is -2.40. The molecule has 19 heavy (non-hydrogen) atoms. The number of anilines is 1. The molecule has 2 aromatic rings. The quantitative estimate of drug-likeness (QED) is 0.876. The van der Waals surface area contributed by atoms with Gasteiger partial charge in [0.15, 0.2) is 11.5 Å². The highest BCUT2D eigenvalue weighted by atomic mass is 16.6. The third kappa shape index (κ3) is 2.47. The second-order valence-corrected chi connectivity index (χ2v) is 3.93. The van der Waals surface area contributed by atoms with E-state index in [1.165, 1.54) is 0 Å². The van der Waals surface area contributed by atoms with Crippen LogP contribution in [0.1, 0.15) is 0 Å². The van der Waals surface area contributed by atoms with Gasteiger partial charge >= 0.3 is 0 Å². The molecule has 6 heteroatoms. The molecule has 0 saturated carbocycles. The molecule has 1 aromatic carbocycles. The first-order valence-corrected chi connectivity index (χ1v) is 5.79. The largest absolute Gasteiger partial charge is 0.485 e. The molecule has 0 aliphatic carbocycles. The van der Waals surface area contributed by atoms with E-state index in [0.29, 0.717) is 11.5 Å². The lowest BCUT2D eigenvalue weighted by Gasteiger charge is -2.25. The van der Waals surface area contributed by atoms with Gasteiger partial charge in [0.2, 0.25) is 12.1 Å². The fourth-order valence-corrected chi connectivity index (χ4v) is 1.70. The van der Waals surface area contributed by atoms with Crippen LogP contribution >= 0.6 is 0 Å². The number of ether oxygens (including phenoxy) is 2. The van der Waals surface area contributed by atoms with Crippen molar-refractivity contribution in [2.75, 3.05) is 11.9 Å². The Bertz CT molecular complexity index is 589. The SMILES string of the molecule is O=C(Nc1ncccn1)C1COc2ccccc2O1. The van der Waals surface area contributed by atoms with Gasteiger partial charge in [-0.25, -0.2) is 9.97 Å². The van der Waals surface area contributed by atoms with Crippen molar-refractivity contribution in [2.24, 2.45) is 0 Å². The molecule has 0 saturated heterocycles. The van der Waals surface area contributed by atoms with Crippen LogP contribution in [0.3, 0.4) is 0 Å². The summed E-state index contributed by atoms with van der Waals surface area (Å²) in [5.74, 6) is 1.11. The average molecular weight is 257 g/mol. The van der Waals surface area contributed by atoms with Crippen LogP contribution in [0.4, 0.5) is 5.95 Å². The van der Waals surface area contributed by atoms with Crippen molar-refractivity contribution in [1.29, 1.82) is 0 Å². The Balaban J connectivity index is 1.70. The summed E-state index contributed by atoms with van der Waals surface area (Å²) < 4.78 is 11.0. The summed E-state index contributed by atoms with van der Waals surface area (Å²) in [5, 5.41) is 2.58. The van der Waals surface area contributed by atoms with Crippen LogP contribution in [0.15, 0.2) is 42.7 Å². The van der Waals surface area contributed by atoms with E-state index in [1.807, 2.05) is 12.1 Å². The number of rotatable bonds is 2. The van der Waals surface area contributed by atoms with Gasteiger partial charge in [-0.15, -0.1) is 0 Å². The lowest BCUT2D eigenvalue weighted by atomic mass is 10.2. The zero-order chi connectivity index (χ0) is 13.1. The van der Waals surface area contributed by atoms with Crippen LogP contribution in [0.25, 0.3) is 0 Å². The van der Waals surface area contributed by atoms with Crippen LogP contribution < -0.4 is 14.8 Å². The standard InChI is InChI=1S/C13H11N3O3/c17-12(16-13-14-6-3-7-15-13)11-8-18-9-4-1-2-5-10(9)19-11/h1-7,11H,8H2,(H,14,15,16,17). The number of nitrogens with one attached hydrogen (secondary N) is 1. The Hall–Kier alpha value is -2.63. The smallest absolute Gasteiger partial charge is 0.271 e. The maximum absolute atomic E-state index is 12.0. The first-order valence-electron chi connectivity index (χ1n) is 5.79. The van der Waals surface area contributed by atoms with Gasteiger partial charge in [0.25, 0.3) is 5.91 Å². The van der Waals surface area contributed by atoms with Crippen molar-refractivity contribution in [3.8, 4) is 11.5 Å². The number of hydrogen-bond donors (Lipinski definition) is 1. The number of carbonyl (C=O) groups is 1. The lowest BCUT2D eigenvalue weighted by molar-refractivity contribution is -0.125. The summed E-state index contributed by atoms with van der Waals surface area (Å²) in [7, 11) is 0. The first-order chi connectivity index (χ1) is 9.33. The van der Waals surface area contributed by atoms with Crippen molar-refractivity contribution < 1.29 is 14.3 Å². The maximum Gasteiger partial charge on any atom is 0.271 e. The normalized spacial score (nSPS) is 16.7. The van der Waals surface area contributed by atoms with Gasteiger partial charge < -0.3 is 9.47 Å². The van der Waals surface area contributed by atoms with E-state index in [1.54, 1.807) is 30.6 Å². The molecular formula is C13H11N3O3. The second kappa shape index (κ2) is 4.93. The molecule has 0 spiro atoms. The Labute approximate surface area is 109 Å². The van der Waals surface area contributed by atoms with Crippen molar-refractivity contribution >= 4 is 11.9 Å². The molecule has 1 aliphatic heterocycles. The van der Waals surface area contributed by atoms with E-state index < -0.39 is 6.10 Å². The molecule has 3 rings (SSSR count). The molecule has 6 nitrogen and oxygen atoms in total. The molecule has 1 N–H and O–H groups in total. The maximum atomic E-state index is 12.0. The third-order valence-corrected chi connectivity index (χ3v) is 2.60. The minimum absolute atomic E-state index is 0.162. The van der Waals surface area contributed by atoms with Crippen molar-refractivity contribution in [3.05, 3.63) is 42.7 Å². The van der Waals surface area contributed by atoms with E-state index in [4.69, 9.17) is 9.47 Å². The summed E-state index contributed by atoms with van der Waals surface area (Å²) in [6.45, 7) is 0.162. The number of hydrogen-bond acceptors (Lipinski definition) is 5. The Morgan fingerprint density at radius 1 is 1.16 bits per heavy atom. The van der Waals surface area contributed by atoms with Crippen LogP contribution in [0, 0.1) is 0 Å². The van der Waals surface area contributed by atoms with Gasteiger partial charge in [-0.3, -0.25) is 10.1 Å². The van der Waals surface area contributed by atoms with E-state index in [2.05, 4.69) is 15.3 Å². The van der Waals surface area contributed by atoms with Crippen LogP contribution in [0.2, 0.25) is 0 Å². The summed E-state index contributed by atoms with van der Waals surface area (Å²) in [6, 6.07) is 8.90. The van der Waals surface area contributed by atoms with Gasteiger partial charge in [0, 0.05) is 12.4 Å². The average Bonchev–Trinajstić information content (AvgIpc) is 2.48. The van der Waals surface area contributed by atoms with Gasteiger partial charge in [-0.2, -0.15) is 0 Å². The number of benzene rings is 1. The molecule has 1 atom stereocenters. The highest BCUT2D eigenvalue weighted by Crippen LogP contribution is 2.30. The molecule has 1 aromatic heterocycles. The number of carbonyl (C=O) groups excluding carboxylic acids is 1. The fourth-order valence-electron chi connectivity index (χ4n) is 1.70. The summed E-state index contributed by atoms with van der Waals surface area (Å²) in [5.41, 5.74) is 0. The van der Waals surface area contributed by atoms with Crippen LogP contribution in [-0.2, 0) is 4.79 Å². The van der Waals surface area contributed by atoms with Crippen LogP contribution in [0.5, 0.6) is 11.5 Å². The Morgan fingerprint density at radius 2 is 1.89 bits per heavy atom. The zero-order valence-electron chi connectivity index (χ0n) is 9.95. The van der Waals surface area contributed by atoms with Gasteiger partial charge in [0.1, 0.15) is 6.61 Å². The van der Waals surface area contributed by atoms with Crippen LogP contribution in [-0.4, -0.2) is 28.6 Å². The monoisotopic (exact) mass is 257 g/mol. The highest BCUT2D eigenvalue weighted by molar-refractivity contribution is 5.93. The number of nitrogens with zero attached hydrogens (tertiary/aromatic N) is 2. The van der Waals surface area contributed by atoms with E-state index in [9.17, 15) is 4.79 Å². The topological polar surface area (TPSA) is 73.3 Å². The summed E-state index contributed by atoms with van der Waals surface area (Å²) in [4.78, 5) is 19.8. The van der Waals surface area contributed by atoms with E-state index >= 15 is 0 Å². The van der Waals surface area contributed by atoms with E-state index in [-0.39, 0.29) is 18.5 Å². The summed E-state index contributed by atoms with van der Waals surface area (Å²) >= 11 is 0. The first kappa shape index (κ1) is 11.5. The molecule has 1 amide bonds. The number of fused-ring (bicyclic) bond motifs is 1. The fraction of sp³-hybridized carbons (Fsp3) is 0.154. The molecule has 96 valence electrons. The second-order valence-electron chi connectivity index (χ2n) is 3.93. The van der Waals surface area contributed by atoms with Crippen molar-refractivity contribution in [1.82, 2.24) is 9.97 Å². The van der Waals surface area contributed by atoms with Gasteiger partial charge in [-0.1, -0.05) is 12.1 Å². The molecule has 0 fully saturated rings. The molecular weight excluding hydrogens is 246 g/mol. The predicted octanol–water partition coefficient (Wildman–Crippen LogP) is 1.26. The highest BCUT2D eigenvalue weighted by Gasteiger charge is 2.27. The molecule has 2 heterocycles. The molecule has 1 unspecified atom stereocenters. The predicted molar refractivity (Wildman–Crippen MR) is 67.0 cm³/mol. The number of aromatic nitrogens is 2.